The zero-order chi connectivity index (χ0) is 18.7. The van der Waals surface area contributed by atoms with E-state index in [0.717, 1.165) is 0 Å². The van der Waals surface area contributed by atoms with Gasteiger partial charge in [-0.25, -0.2) is 9.38 Å². The van der Waals surface area contributed by atoms with Crippen LogP contribution in [0.25, 0.3) is 0 Å². The van der Waals surface area contributed by atoms with E-state index in [0.29, 0.717) is 28.4 Å². The zero-order valence-electron chi connectivity index (χ0n) is 14.6. The first-order valence-corrected chi connectivity index (χ1v) is 7.88. The average Bonchev–Trinajstić information content (AvgIpc) is 3.16. The SMILES string of the molecule is COc1cc(C(=O)C2COC(c3cccc(F)c3)=N2)cc(OC)c1OC. The summed E-state index contributed by atoms with van der Waals surface area (Å²) >= 11 is 0. The van der Waals surface area contributed by atoms with Crippen LogP contribution in [-0.2, 0) is 4.74 Å². The second-order valence-corrected chi connectivity index (χ2v) is 5.55. The summed E-state index contributed by atoms with van der Waals surface area (Å²) in [6.45, 7) is 0.0847. The molecule has 0 amide bonds. The number of methoxy groups -OCH3 is 3. The molecule has 136 valence electrons. The number of ether oxygens (including phenoxy) is 4. The molecule has 1 unspecified atom stereocenters. The highest BCUT2D eigenvalue weighted by atomic mass is 19.1. The molecule has 0 radical (unpaired) electrons. The third-order valence-electron chi connectivity index (χ3n) is 3.97. The fraction of sp³-hybridized carbons (Fsp3) is 0.263. The molecule has 3 rings (SSSR count). The van der Waals surface area contributed by atoms with Crippen LogP contribution in [0.3, 0.4) is 0 Å². The van der Waals surface area contributed by atoms with Crippen molar-refractivity contribution in [3.8, 4) is 17.2 Å². The van der Waals surface area contributed by atoms with E-state index in [2.05, 4.69) is 4.99 Å². The molecule has 2 aromatic carbocycles. The number of rotatable bonds is 6. The Balaban J connectivity index is 1.90. The van der Waals surface area contributed by atoms with Gasteiger partial charge in [-0.1, -0.05) is 6.07 Å². The number of hydrogen-bond donors (Lipinski definition) is 0. The maximum absolute atomic E-state index is 13.4. The summed E-state index contributed by atoms with van der Waals surface area (Å²) in [4.78, 5) is 17.1. The minimum absolute atomic E-state index is 0.0847. The fourth-order valence-corrected chi connectivity index (χ4v) is 2.70. The Hall–Kier alpha value is -3.09. The number of ketones is 1. The van der Waals surface area contributed by atoms with Crippen molar-refractivity contribution in [3.63, 3.8) is 0 Å². The third kappa shape index (κ3) is 3.33. The van der Waals surface area contributed by atoms with Crippen LogP contribution in [0.4, 0.5) is 4.39 Å². The summed E-state index contributed by atoms with van der Waals surface area (Å²) in [5.74, 6) is 0.754. The lowest BCUT2D eigenvalue weighted by Crippen LogP contribution is -2.20. The first-order chi connectivity index (χ1) is 12.6. The highest BCUT2D eigenvalue weighted by Gasteiger charge is 2.29. The second-order valence-electron chi connectivity index (χ2n) is 5.55. The number of Topliss-reactive ketones (excluding diaryl/α,β-unsaturated/α-hetero) is 1. The molecule has 1 heterocycles. The normalized spacial score (nSPS) is 15.8. The summed E-state index contributed by atoms with van der Waals surface area (Å²) in [5.41, 5.74) is 0.850. The number of aliphatic imine (C=N–C) groups is 1. The predicted molar refractivity (Wildman–Crippen MR) is 93.1 cm³/mol. The molecule has 0 fully saturated rings. The molecule has 6 nitrogen and oxygen atoms in total. The third-order valence-corrected chi connectivity index (χ3v) is 3.97. The molecule has 1 aliphatic heterocycles. The summed E-state index contributed by atoms with van der Waals surface area (Å²) in [6, 6.07) is 8.29. The Kier molecular flexibility index (Phi) is 5.06. The van der Waals surface area contributed by atoms with Gasteiger partial charge in [-0.3, -0.25) is 4.79 Å². The van der Waals surface area contributed by atoms with Crippen molar-refractivity contribution in [2.75, 3.05) is 27.9 Å². The van der Waals surface area contributed by atoms with Crippen molar-refractivity contribution in [1.82, 2.24) is 0 Å². The van der Waals surface area contributed by atoms with Crippen LogP contribution >= 0.6 is 0 Å². The van der Waals surface area contributed by atoms with E-state index in [9.17, 15) is 9.18 Å². The first-order valence-electron chi connectivity index (χ1n) is 7.88. The van der Waals surface area contributed by atoms with Crippen molar-refractivity contribution < 1.29 is 28.1 Å². The molecule has 0 spiro atoms. The van der Waals surface area contributed by atoms with Gasteiger partial charge in [0.1, 0.15) is 12.4 Å². The van der Waals surface area contributed by atoms with Gasteiger partial charge in [0, 0.05) is 11.1 Å². The topological polar surface area (TPSA) is 66.4 Å². The number of carbonyl (C=O) groups excluding carboxylic acids is 1. The van der Waals surface area contributed by atoms with Gasteiger partial charge in [-0.2, -0.15) is 0 Å². The van der Waals surface area contributed by atoms with Crippen LogP contribution < -0.4 is 14.2 Å². The van der Waals surface area contributed by atoms with E-state index in [1.54, 1.807) is 24.3 Å². The van der Waals surface area contributed by atoms with Crippen molar-refractivity contribution >= 4 is 11.7 Å². The highest BCUT2D eigenvalue weighted by molar-refractivity contribution is 6.05. The van der Waals surface area contributed by atoms with Gasteiger partial charge in [0.25, 0.3) is 0 Å². The monoisotopic (exact) mass is 359 g/mol. The highest BCUT2D eigenvalue weighted by Crippen LogP contribution is 2.38. The molecular formula is C19H18FNO5. The largest absolute Gasteiger partial charge is 0.493 e. The van der Waals surface area contributed by atoms with E-state index >= 15 is 0 Å². The van der Waals surface area contributed by atoms with Crippen molar-refractivity contribution in [3.05, 3.63) is 53.3 Å². The lowest BCUT2D eigenvalue weighted by Gasteiger charge is -2.14. The fourth-order valence-electron chi connectivity index (χ4n) is 2.70. The molecular weight excluding hydrogens is 341 g/mol. The predicted octanol–water partition coefficient (Wildman–Crippen LogP) is 2.88. The number of halogens is 1. The molecule has 1 aliphatic rings. The average molecular weight is 359 g/mol. The standard InChI is InChI=1S/C19H18FNO5/c1-23-15-8-12(9-16(24-2)18(15)25-3)17(22)14-10-26-19(21-14)11-5-4-6-13(20)7-11/h4-9,14H,10H2,1-3H3. The van der Waals surface area contributed by atoms with Crippen LogP contribution in [0, 0.1) is 5.82 Å². The van der Waals surface area contributed by atoms with E-state index in [1.807, 2.05) is 0 Å². The van der Waals surface area contributed by atoms with Gasteiger partial charge < -0.3 is 18.9 Å². The Labute approximate surface area is 150 Å². The molecule has 0 aliphatic carbocycles. The number of carbonyl (C=O) groups is 1. The maximum Gasteiger partial charge on any atom is 0.217 e. The summed E-state index contributed by atoms with van der Waals surface area (Å²) in [7, 11) is 4.44. The van der Waals surface area contributed by atoms with Crippen LogP contribution in [0.15, 0.2) is 41.4 Å². The number of nitrogens with zero attached hydrogens (tertiary/aromatic N) is 1. The minimum Gasteiger partial charge on any atom is -0.493 e. The molecule has 2 aromatic rings. The lowest BCUT2D eigenvalue weighted by atomic mass is 10.0. The molecule has 1 atom stereocenters. The molecule has 0 bridgehead atoms. The van der Waals surface area contributed by atoms with E-state index in [1.165, 1.54) is 33.5 Å². The summed E-state index contributed by atoms with van der Waals surface area (Å²) in [6.07, 6.45) is 0. The van der Waals surface area contributed by atoms with E-state index in [-0.39, 0.29) is 18.3 Å². The molecule has 7 heteroatoms. The number of benzene rings is 2. The van der Waals surface area contributed by atoms with Gasteiger partial charge in [0.15, 0.2) is 23.3 Å². The van der Waals surface area contributed by atoms with Crippen molar-refractivity contribution in [2.45, 2.75) is 6.04 Å². The second kappa shape index (κ2) is 7.43. The van der Waals surface area contributed by atoms with Gasteiger partial charge in [0.2, 0.25) is 11.6 Å². The smallest absolute Gasteiger partial charge is 0.217 e. The van der Waals surface area contributed by atoms with Crippen LogP contribution in [0.2, 0.25) is 0 Å². The Morgan fingerprint density at radius 1 is 1.12 bits per heavy atom. The Bertz CT molecular complexity index is 840. The maximum atomic E-state index is 13.4. The van der Waals surface area contributed by atoms with Gasteiger partial charge >= 0.3 is 0 Å². The van der Waals surface area contributed by atoms with Crippen LogP contribution in [-0.4, -0.2) is 45.7 Å². The molecule has 0 saturated heterocycles. The molecule has 0 saturated carbocycles. The van der Waals surface area contributed by atoms with Crippen molar-refractivity contribution in [1.29, 1.82) is 0 Å². The molecule has 0 N–H and O–H groups in total. The van der Waals surface area contributed by atoms with Gasteiger partial charge in [0.05, 0.1) is 21.3 Å². The Morgan fingerprint density at radius 3 is 2.38 bits per heavy atom. The van der Waals surface area contributed by atoms with Gasteiger partial charge in [-0.15, -0.1) is 0 Å². The lowest BCUT2D eigenvalue weighted by molar-refractivity contribution is 0.0947. The summed E-state index contributed by atoms with van der Waals surface area (Å²) < 4.78 is 34.6. The van der Waals surface area contributed by atoms with E-state index < -0.39 is 11.9 Å². The van der Waals surface area contributed by atoms with Crippen LogP contribution in [0.1, 0.15) is 15.9 Å². The minimum atomic E-state index is -0.726. The number of hydrogen-bond acceptors (Lipinski definition) is 6. The molecule has 26 heavy (non-hydrogen) atoms. The zero-order valence-corrected chi connectivity index (χ0v) is 14.6. The van der Waals surface area contributed by atoms with Gasteiger partial charge in [-0.05, 0) is 30.3 Å². The first kappa shape index (κ1) is 17.7. The Morgan fingerprint density at radius 2 is 1.81 bits per heavy atom. The summed E-state index contributed by atoms with van der Waals surface area (Å²) in [5, 5.41) is 0. The quantitative estimate of drug-likeness (QED) is 0.742. The van der Waals surface area contributed by atoms with Crippen molar-refractivity contribution in [2.24, 2.45) is 4.99 Å². The van der Waals surface area contributed by atoms with E-state index in [4.69, 9.17) is 18.9 Å². The van der Waals surface area contributed by atoms with Crippen LogP contribution in [0.5, 0.6) is 17.2 Å². The molecule has 0 aromatic heterocycles.